The van der Waals surface area contributed by atoms with E-state index in [9.17, 15) is 4.79 Å². The smallest absolute Gasteiger partial charge is 0.253 e. The van der Waals surface area contributed by atoms with Gasteiger partial charge in [0, 0.05) is 25.8 Å². The van der Waals surface area contributed by atoms with Crippen molar-refractivity contribution in [3.63, 3.8) is 0 Å². The molecule has 1 amide bonds. The molecule has 19 heavy (non-hydrogen) atoms. The van der Waals surface area contributed by atoms with Crippen LogP contribution in [-0.2, 0) is 0 Å². The Morgan fingerprint density at radius 2 is 2.26 bits per heavy atom. The summed E-state index contributed by atoms with van der Waals surface area (Å²) >= 11 is 0. The van der Waals surface area contributed by atoms with Crippen molar-refractivity contribution in [3.8, 4) is 6.07 Å². The second-order valence-corrected chi connectivity index (χ2v) is 4.42. The molecule has 102 valence electrons. The highest BCUT2D eigenvalue weighted by Crippen LogP contribution is 2.24. The number of nitrogens with two attached hydrogens (primary N) is 1. The van der Waals surface area contributed by atoms with Crippen molar-refractivity contribution in [3.05, 3.63) is 23.8 Å². The predicted octanol–water partition coefficient (Wildman–Crippen LogP) is 1.61. The Hall–Kier alpha value is -2.22. The topological polar surface area (TPSA) is 82.2 Å². The maximum absolute atomic E-state index is 11.9. The van der Waals surface area contributed by atoms with Crippen LogP contribution in [0.3, 0.4) is 0 Å². The third kappa shape index (κ3) is 3.62. The highest BCUT2D eigenvalue weighted by molar-refractivity contribution is 6.00. The molecule has 0 fully saturated rings. The normalized spacial score (nSPS) is 11.5. The molecule has 5 heteroatoms. The van der Waals surface area contributed by atoms with Gasteiger partial charge in [0.1, 0.15) is 0 Å². The molecule has 1 unspecified atom stereocenters. The minimum absolute atomic E-state index is 0.112. The fourth-order valence-corrected chi connectivity index (χ4v) is 1.91. The van der Waals surface area contributed by atoms with Crippen LogP contribution in [0.5, 0.6) is 0 Å². The van der Waals surface area contributed by atoms with Crippen LogP contribution in [-0.4, -0.2) is 26.0 Å². The van der Waals surface area contributed by atoms with E-state index in [0.717, 1.165) is 5.69 Å². The van der Waals surface area contributed by atoms with E-state index in [4.69, 9.17) is 11.0 Å². The third-order valence-electron chi connectivity index (χ3n) is 2.93. The van der Waals surface area contributed by atoms with E-state index in [1.165, 1.54) is 0 Å². The van der Waals surface area contributed by atoms with Crippen molar-refractivity contribution in [2.75, 3.05) is 30.8 Å². The lowest BCUT2D eigenvalue weighted by molar-refractivity contribution is 0.0963. The summed E-state index contributed by atoms with van der Waals surface area (Å²) < 4.78 is 0. The lowest BCUT2D eigenvalue weighted by Gasteiger charge is -2.26. The number of nitrogen functional groups attached to an aromatic ring is 1. The summed E-state index contributed by atoms with van der Waals surface area (Å²) in [6.45, 7) is 5.12. The predicted molar refractivity (Wildman–Crippen MR) is 76.9 cm³/mol. The number of nitrogens with zero attached hydrogens (tertiary/aromatic N) is 2. The number of nitrogens with one attached hydrogen (secondary N) is 1. The molecule has 0 bridgehead atoms. The van der Waals surface area contributed by atoms with E-state index < -0.39 is 0 Å². The summed E-state index contributed by atoms with van der Waals surface area (Å²) in [5, 5.41) is 11.5. The minimum atomic E-state index is -0.155. The van der Waals surface area contributed by atoms with Crippen LogP contribution in [0.4, 0.5) is 11.4 Å². The quantitative estimate of drug-likeness (QED) is 0.788. The molecular formula is C14H20N4O. The Morgan fingerprint density at radius 3 is 2.79 bits per heavy atom. The van der Waals surface area contributed by atoms with Crippen LogP contribution in [0.2, 0.25) is 0 Å². The SMILES string of the molecule is CCN(CC(C)C#N)c1cc(N)ccc1C(=O)NC. The maximum Gasteiger partial charge on any atom is 0.253 e. The lowest BCUT2D eigenvalue weighted by atomic mass is 10.1. The largest absolute Gasteiger partial charge is 0.399 e. The monoisotopic (exact) mass is 260 g/mol. The molecule has 1 atom stereocenters. The van der Waals surface area contributed by atoms with Gasteiger partial charge in [-0.3, -0.25) is 4.79 Å². The van der Waals surface area contributed by atoms with E-state index in [2.05, 4.69) is 11.4 Å². The van der Waals surface area contributed by atoms with Gasteiger partial charge in [-0.05, 0) is 32.0 Å². The van der Waals surface area contributed by atoms with Crippen molar-refractivity contribution in [1.29, 1.82) is 5.26 Å². The maximum atomic E-state index is 11.9. The summed E-state index contributed by atoms with van der Waals surface area (Å²) in [6, 6.07) is 7.39. The van der Waals surface area contributed by atoms with Gasteiger partial charge in [-0.15, -0.1) is 0 Å². The Bertz CT molecular complexity index is 493. The number of amides is 1. The van der Waals surface area contributed by atoms with Crippen LogP contribution >= 0.6 is 0 Å². The van der Waals surface area contributed by atoms with Gasteiger partial charge in [-0.1, -0.05) is 0 Å². The zero-order valence-electron chi connectivity index (χ0n) is 11.6. The highest BCUT2D eigenvalue weighted by atomic mass is 16.1. The second-order valence-electron chi connectivity index (χ2n) is 4.42. The molecule has 0 radical (unpaired) electrons. The minimum Gasteiger partial charge on any atom is -0.399 e. The molecule has 5 nitrogen and oxygen atoms in total. The van der Waals surface area contributed by atoms with E-state index in [0.29, 0.717) is 24.3 Å². The zero-order chi connectivity index (χ0) is 14.4. The number of benzene rings is 1. The number of rotatable bonds is 5. The molecule has 1 aromatic carbocycles. The van der Waals surface area contributed by atoms with Crippen molar-refractivity contribution >= 4 is 17.3 Å². The fourth-order valence-electron chi connectivity index (χ4n) is 1.91. The molecule has 0 heterocycles. The van der Waals surface area contributed by atoms with Crippen LogP contribution in [0.25, 0.3) is 0 Å². The van der Waals surface area contributed by atoms with Crippen LogP contribution in [0, 0.1) is 17.2 Å². The molecule has 0 aromatic heterocycles. The van der Waals surface area contributed by atoms with E-state index >= 15 is 0 Å². The number of hydrogen-bond donors (Lipinski definition) is 2. The summed E-state index contributed by atoms with van der Waals surface area (Å²) in [5.74, 6) is -0.267. The molecular weight excluding hydrogens is 240 g/mol. The third-order valence-corrected chi connectivity index (χ3v) is 2.93. The van der Waals surface area contributed by atoms with E-state index in [1.54, 1.807) is 25.2 Å². The van der Waals surface area contributed by atoms with Crippen LogP contribution < -0.4 is 16.0 Å². The highest BCUT2D eigenvalue weighted by Gasteiger charge is 2.17. The number of carbonyl (C=O) groups is 1. The molecule has 3 N–H and O–H groups in total. The second kappa shape index (κ2) is 6.64. The molecule has 0 aliphatic heterocycles. The first-order chi connectivity index (χ1) is 9.03. The molecule has 0 saturated carbocycles. The van der Waals surface area contributed by atoms with Gasteiger partial charge >= 0.3 is 0 Å². The molecule has 0 spiro atoms. The molecule has 0 saturated heterocycles. The lowest BCUT2D eigenvalue weighted by Crippen LogP contribution is -2.31. The number of nitriles is 1. The van der Waals surface area contributed by atoms with Crippen molar-refractivity contribution in [1.82, 2.24) is 5.32 Å². The van der Waals surface area contributed by atoms with Gasteiger partial charge in [0.15, 0.2) is 0 Å². The Labute approximate surface area is 114 Å². The average molecular weight is 260 g/mol. The molecule has 1 rings (SSSR count). The zero-order valence-corrected chi connectivity index (χ0v) is 11.6. The Morgan fingerprint density at radius 1 is 1.58 bits per heavy atom. The van der Waals surface area contributed by atoms with Crippen LogP contribution in [0.15, 0.2) is 18.2 Å². The molecule has 0 aliphatic rings. The number of anilines is 2. The summed E-state index contributed by atoms with van der Waals surface area (Å²) in [5.41, 5.74) is 7.74. The first kappa shape index (κ1) is 14.8. The number of carbonyl (C=O) groups excluding carboxylic acids is 1. The molecule has 0 aliphatic carbocycles. The average Bonchev–Trinajstić information content (AvgIpc) is 2.43. The van der Waals surface area contributed by atoms with Crippen LogP contribution in [0.1, 0.15) is 24.2 Å². The van der Waals surface area contributed by atoms with Crippen molar-refractivity contribution in [2.24, 2.45) is 5.92 Å². The van der Waals surface area contributed by atoms with E-state index in [1.807, 2.05) is 18.7 Å². The fraction of sp³-hybridized carbons (Fsp3) is 0.429. The van der Waals surface area contributed by atoms with Gasteiger partial charge in [-0.2, -0.15) is 5.26 Å². The van der Waals surface area contributed by atoms with Gasteiger partial charge in [0.2, 0.25) is 0 Å². The van der Waals surface area contributed by atoms with Gasteiger partial charge in [-0.25, -0.2) is 0 Å². The Balaban J connectivity index is 3.17. The van der Waals surface area contributed by atoms with E-state index in [-0.39, 0.29) is 11.8 Å². The summed E-state index contributed by atoms with van der Waals surface area (Å²) in [4.78, 5) is 13.9. The van der Waals surface area contributed by atoms with Crippen molar-refractivity contribution in [2.45, 2.75) is 13.8 Å². The standard InChI is InChI=1S/C14H20N4O/c1-4-18(9-10(2)8-15)13-7-11(16)5-6-12(13)14(19)17-3/h5-7,10H,4,9,16H2,1-3H3,(H,17,19). The molecule has 1 aromatic rings. The van der Waals surface area contributed by atoms with Crippen molar-refractivity contribution < 1.29 is 4.79 Å². The number of hydrogen-bond acceptors (Lipinski definition) is 4. The van der Waals surface area contributed by atoms with Gasteiger partial charge in [0.25, 0.3) is 5.91 Å². The first-order valence-electron chi connectivity index (χ1n) is 6.29. The van der Waals surface area contributed by atoms with Gasteiger partial charge in [0.05, 0.1) is 23.2 Å². The summed E-state index contributed by atoms with van der Waals surface area (Å²) in [7, 11) is 1.59. The summed E-state index contributed by atoms with van der Waals surface area (Å²) in [6.07, 6.45) is 0. The van der Waals surface area contributed by atoms with Gasteiger partial charge < -0.3 is 16.0 Å². The first-order valence-corrected chi connectivity index (χ1v) is 6.29. The Kier molecular flexibility index (Phi) is 5.19.